The first-order valence-corrected chi connectivity index (χ1v) is 25.6. The van der Waals surface area contributed by atoms with Crippen LogP contribution in [-0.4, -0.2) is 174 Å². The van der Waals surface area contributed by atoms with E-state index in [1.165, 1.54) is 0 Å². The second kappa shape index (κ2) is 22.9. The predicted octanol–water partition coefficient (Wildman–Crippen LogP) is 0.682. The molecule has 0 amide bonds. The number of hydrogen-bond acceptors (Lipinski definition) is 12. The van der Waals surface area contributed by atoms with Crippen molar-refractivity contribution < 1.29 is 46.1 Å². The van der Waals surface area contributed by atoms with Gasteiger partial charge in [-0.05, 0) is 67.0 Å². The van der Waals surface area contributed by atoms with Crippen LogP contribution < -0.4 is 0 Å². The number of ether oxygens (including phenoxy) is 6. The summed E-state index contributed by atoms with van der Waals surface area (Å²) in [6.45, 7) is 24.2. The molecule has 16 heteroatoms. The Bertz CT molecular complexity index is 672. The van der Waals surface area contributed by atoms with Crippen LogP contribution in [0.1, 0.15) is 41.5 Å². The molecule has 2 heterocycles. The topological polar surface area (TPSA) is 98.8 Å². The molecule has 0 aromatic carbocycles. The highest BCUT2D eigenvalue weighted by Gasteiger charge is 2.43. The molecule has 0 saturated carbocycles. The summed E-state index contributed by atoms with van der Waals surface area (Å²) < 4.78 is 60.7. The smallest absolute Gasteiger partial charge is 0.349 e. The minimum atomic E-state index is -2.31. The summed E-state index contributed by atoms with van der Waals surface area (Å²) >= 11 is 0. The van der Waals surface area contributed by atoms with E-state index in [1.54, 1.807) is 0 Å². The molecule has 2 aliphatic heterocycles. The van der Waals surface area contributed by atoms with Crippen molar-refractivity contribution in [1.29, 1.82) is 0 Å². The van der Waals surface area contributed by atoms with E-state index in [-0.39, 0.29) is 24.0 Å². The molecule has 12 nitrogen and oxygen atoms in total. The Morgan fingerprint density at radius 1 is 0.614 bits per heavy atom. The molecule has 2 saturated heterocycles. The van der Waals surface area contributed by atoms with Crippen molar-refractivity contribution in [2.24, 2.45) is 0 Å². The van der Waals surface area contributed by atoms with Crippen LogP contribution in [0, 0.1) is 0 Å². The molecule has 2 rings (SSSR count). The molecule has 262 valence electrons. The summed E-state index contributed by atoms with van der Waals surface area (Å²) in [4.78, 5) is 4.96. The molecule has 44 heavy (non-hydrogen) atoms. The van der Waals surface area contributed by atoms with Gasteiger partial charge in [0, 0.05) is 65.1 Å². The van der Waals surface area contributed by atoms with E-state index in [4.69, 9.17) is 46.1 Å². The first-order valence-electron chi connectivity index (χ1n) is 16.9. The van der Waals surface area contributed by atoms with Gasteiger partial charge in [0.25, 0.3) is 0 Å². The Morgan fingerprint density at radius 3 is 1.30 bits per heavy atom. The maximum Gasteiger partial charge on any atom is 0.349 e. The molecular weight excluding hydrogens is 637 g/mol. The fourth-order valence-corrected chi connectivity index (χ4v) is 15.6. The first-order chi connectivity index (χ1) is 21.2. The van der Waals surface area contributed by atoms with Crippen molar-refractivity contribution in [2.45, 2.75) is 78.7 Å². The predicted molar refractivity (Wildman–Crippen MR) is 182 cm³/mol. The van der Waals surface area contributed by atoms with E-state index in [2.05, 4.69) is 22.9 Å². The van der Waals surface area contributed by atoms with Crippen molar-refractivity contribution in [1.82, 2.24) is 9.80 Å². The highest BCUT2D eigenvalue weighted by atomic mass is 28.4. The third kappa shape index (κ3) is 16.0. The lowest BCUT2D eigenvalue weighted by atomic mass is 10.3. The molecule has 2 aliphatic rings. The fourth-order valence-electron chi connectivity index (χ4n) is 5.95. The standard InChI is InChI=1S/C28H64N2O10Si4/c1-9-33-27(34-10-2)41-21-29-17-25(39-43(7,23-29)37-13-5)19-31-15-16-32-20-26-18-30(24-44(8,40-26)38-14-6)22-42-28(35-11-3)36-12-4/h25-28H,9-24,41-42H2,1-8H3. The summed E-state index contributed by atoms with van der Waals surface area (Å²) in [6, 6.07) is 0. The second-order valence-corrected chi connectivity index (χ2v) is 21.1. The Kier molecular flexibility index (Phi) is 21.1. The van der Waals surface area contributed by atoms with E-state index in [0.29, 0.717) is 66.1 Å². The molecule has 0 bridgehead atoms. The van der Waals surface area contributed by atoms with E-state index in [9.17, 15) is 0 Å². The molecule has 4 unspecified atom stereocenters. The maximum atomic E-state index is 6.49. The van der Waals surface area contributed by atoms with E-state index in [0.717, 1.165) is 37.8 Å². The average molecular weight is 701 g/mol. The Labute approximate surface area is 274 Å². The van der Waals surface area contributed by atoms with Crippen molar-refractivity contribution in [3.05, 3.63) is 0 Å². The van der Waals surface area contributed by atoms with Gasteiger partial charge >= 0.3 is 17.1 Å². The number of rotatable bonds is 25. The monoisotopic (exact) mass is 700 g/mol. The van der Waals surface area contributed by atoms with E-state index < -0.39 is 36.2 Å². The zero-order chi connectivity index (χ0) is 32.3. The van der Waals surface area contributed by atoms with Crippen LogP contribution in [0.25, 0.3) is 0 Å². The molecule has 0 radical (unpaired) electrons. The van der Waals surface area contributed by atoms with Crippen LogP contribution in [0.5, 0.6) is 0 Å². The summed E-state index contributed by atoms with van der Waals surface area (Å²) in [5.74, 6) is -0.0868. The minimum absolute atomic E-state index is 0.0203. The molecule has 0 N–H and O–H groups in total. The van der Waals surface area contributed by atoms with Crippen LogP contribution >= 0.6 is 0 Å². The summed E-state index contributed by atoms with van der Waals surface area (Å²) in [7, 11) is -5.81. The summed E-state index contributed by atoms with van der Waals surface area (Å²) in [5, 5.41) is 0. The summed E-state index contributed by atoms with van der Waals surface area (Å²) in [6.07, 6.45) is 3.70. The molecule has 0 spiro atoms. The van der Waals surface area contributed by atoms with Gasteiger partial charge in [-0.1, -0.05) is 0 Å². The Balaban J connectivity index is 1.79. The van der Waals surface area contributed by atoms with Gasteiger partial charge in [0.15, 0.2) is 0 Å². The maximum absolute atomic E-state index is 6.49. The Morgan fingerprint density at radius 2 is 0.977 bits per heavy atom. The van der Waals surface area contributed by atoms with E-state index >= 15 is 0 Å². The quantitative estimate of drug-likeness (QED) is 0.0762. The zero-order valence-corrected chi connectivity index (χ0v) is 33.8. The number of hydrogen-bond donors (Lipinski definition) is 0. The third-order valence-corrected chi connectivity index (χ3v) is 16.6. The van der Waals surface area contributed by atoms with Crippen LogP contribution in [0.15, 0.2) is 0 Å². The lowest BCUT2D eigenvalue weighted by molar-refractivity contribution is -0.0843. The van der Waals surface area contributed by atoms with Gasteiger partial charge in [-0.2, -0.15) is 0 Å². The first kappa shape index (κ1) is 40.6. The van der Waals surface area contributed by atoms with Gasteiger partial charge in [0.2, 0.25) is 0 Å². The van der Waals surface area contributed by atoms with Crippen LogP contribution in [0.4, 0.5) is 0 Å². The van der Waals surface area contributed by atoms with Gasteiger partial charge in [-0.3, -0.25) is 0 Å². The van der Waals surface area contributed by atoms with Crippen molar-refractivity contribution in [3.8, 4) is 0 Å². The lowest BCUT2D eigenvalue weighted by Crippen LogP contribution is -2.61. The summed E-state index contributed by atoms with van der Waals surface area (Å²) in [5.41, 5.74) is 0. The van der Waals surface area contributed by atoms with Gasteiger partial charge in [0.1, 0.15) is 30.9 Å². The van der Waals surface area contributed by atoms with Gasteiger partial charge in [-0.15, -0.1) is 0 Å². The largest absolute Gasteiger partial charge is 0.394 e. The van der Waals surface area contributed by atoms with Crippen LogP contribution in [0.3, 0.4) is 0 Å². The molecule has 2 fully saturated rings. The van der Waals surface area contributed by atoms with Crippen molar-refractivity contribution in [3.63, 3.8) is 0 Å². The molecule has 0 aromatic heterocycles. The Hall–Kier alpha value is 0.388. The average Bonchev–Trinajstić information content (AvgIpc) is 2.96. The lowest BCUT2D eigenvalue weighted by Gasteiger charge is -2.42. The van der Waals surface area contributed by atoms with Crippen LogP contribution in [-0.2, 0) is 46.1 Å². The molecule has 4 atom stereocenters. The second-order valence-electron chi connectivity index (χ2n) is 11.5. The van der Waals surface area contributed by atoms with Gasteiger partial charge in [0.05, 0.1) is 38.6 Å². The fraction of sp³-hybridized carbons (Fsp3) is 1.00. The van der Waals surface area contributed by atoms with E-state index in [1.807, 2.05) is 41.5 Å². The third-order valence-electron chi connectivity index (χ3n) is 7.43. The van der Waals surface area contributed by atoms with Crippen molar-refractivity contribution >= 4 is 36.2 Å². The minimum Gasteiger partial charge on any atom is -0.394 e. The van der Waals surface area contributed by atoms with Gasteiger partial charge in [-0.25, -0.2) is 0 Å². The highest BCUT2D eigenvalue weighted by Crippen LogP contribution is 2.21. The van der Waals surface area contributed by atoms with Crippen LogP contribution in [0.2, 0.25) is 13.1 Å². The zero-order valence-electron chi connectivity index (χ0n) is 29.0. The van der Waals surface area contributed by atoms with Crippen molar-refractivity contribution in [2.75, 3.05) is 104 Å². The molecule has 0 aromatic rings. The van der Waals surface area contributed by atoms with Gasteiger partial charge < -0.3 is 55.9 Å². The SMILES string of the molecule is CCOC(OCC)[SiH2]CN1CC(COCCOCC2CN(C[SiH2]C(OCC)OCC)C[Si](C)(OCC)O2)O[Si](C)(OCC)C1. The molecule has 0 aliphatic carbocycles. The molecular formula is C28H64N2O10Si4. The highest BCUT2D eigenvalue weighted by molar-refractivity contribution is 6.67. The number of nitrogens with zero attached hydrogens (tertiary/aromatic N) is 2. The normalized spacial score (nSPS) is 27.7.